The first-order chi connectivity index (χ1) is 22.5. The zero-order chi connectivity index (χ0) is 31.9. The highest BCUT2D eigenvalue weighted by atomic mass is 32.2. The van der Waals surface area contributed by atoms with Crippen LogP contribution < -0.4 is 18.9 Å². The van der Waals surface area contributed by atoms with Gasteiger partial charge in [0.25, 0.3) is 17.0 Å². The molecule has 0 saturated carbocycles. The third kappa shape index (κ3) is 6.98. The lowest BCUT2D eigenvalue weighted by Gasteiger charge is -2.14. The van der Waals surface area contributed by atoms with E-state index in [4.69, 9.17) is 28.2 Å². The number of nitrogens with zero attached hydrogens (tertiary/aromatic N) is 3. The molecule has 0 saturated heterocycles. The number of fused-ring (bicyclic) bond motifs is 1. The van der Waals surface area contributed by atoms with E-state index in [1.54, 1.807) is 50.6 Å². The van der Waals surface area contributed by atoms with Crippen molar-refractivity contribution in [3.63, 3.8) is 0 Å². The zero-order valence-electron chi connectivity index (χ0n) is 25.0. The zero-order valence-corrected chi connectivity index (χ0v) is 25.8. The Kier molecular flexibility index (Phi) is 9.46. The predicted octanol–water partition coefficient (Wildman–Crippen LogP) is 6.23. The molecule has 0 radical (unpaired) electrons. The minimum absolute atomic E-state index is 0.0808. The number of hydrogen-bond acceptors (Lipinski definition) is 11. The van der Waals surface area contributed by atoms with Crippen LogP contribution in [0.3, 0.4) is 0 Å². The van der Waals surface area contributed by atoms with Crippen LogP contribution in [0.4, 0.5) is 0 Å². The number of amides is 2. The monoisotopic (exact) mass is 639 g/mol. The van der Waals surface area contributed by atoms with Gasteiger partial charge in [-0.15, -0.1) is 15.3 Å². The first-order valence-corrected chi connectivity index (χ1v) is 15.2. The second-order valence-electron chi connectivity index (χ2n) is 9.94. The summed E-state index contributed by atoms with van der Waals surface area (Å²) >= 11 is 1.24. The molecule has 1 aromatic heterocycles. The van der Waals surface area contributed by atoms with Gasteiger partial charge in [-0.05, 0) is 65.7 Å². The van der Waals surface area contributed by atoms with Crippen molar-refractivity contribution in [2.75, 3.05) is 26.6 Å². The van der Waals surface area contributed by atoms with E-state index in [9.17, 15) is 9.59 Å². The van der Waals surface area contributed by atoms with Crippen molar-refractivity contribution in [1.29, 1.82) is 0 Å². The number of aromatic nitrogens is 2. The number of thioether (sulfide) groups is 1. The minimum atomic E-state index is -0.480. The average Bonchev–Trinajstić information content (AvgIpc) is 3.67. The van der Waals surface area contributed by atoms with Crippen LogP contribution in [0.1, 0.15) is 31.8 Å². The van der Waals surface area contributed by atoms with Crippen LogP contribution in [0.5, 0.6) is 23.0 Å². The van der Waals surface area contributed by atoms with Crippen molar-refractivity contribution in [2.45, 2.75) is 18.4 Å². The molecule has 2 heterocycles. The highest BCUT2D eigenvalue weighted by molar-refractivity contribution is 7.99. The number of ether oxygens (including phenoxy) is 4. The van der Waals surface area contributed by atoms with Crippen LogP contribution in [0.25, 0.3) is 11.5 Å². The second-order valence-corrected chi connectivity index (χ2v) is 11.0. The lowest BCUT2D eigenvalue weighted by atomic mass is 10.1. The van der Waals surface area contributed by atoms with E-state index in [-0.39, 0.29) is 6.61 Å². The van der Waals surface area contributed by atoms with Gasteiger partial charge in [-0.1, -0.05) is 48.2 Å². The highest BCUT2D eigenvalue weighted by Crippen LogP contribution is 2.35. The van der Waals surface area contributed by atoms with Gasteiger partial charge in [-0.2, -0.15) is 0 Å². The average molecular weight is 640 g/mol. The van der Waals surface area contributed by atoms with Crippen molar-refractivity contribution in [1.82, 2.24) is 15.3 Å². The molecule has 12 heteroatoms. The van der Waals surface area contributed by atoms with Crippen molar-refractivity contribution >= 4 is 23.6 Å². The Labute approximate surface area is 269 Å². The van der Waals surface area contributed by atoms with Gasteiger partial charge in [0.05, 0.1) is 32.0 Å². The SMILES string of the molecule is COc1ccc(COc2ccc(-c3nnc(SCCON4C(=O)c5ccccc5C4=O)o3)cc2OCc2ccc(OC)cc2)cc1. The summed E-state index contributed by atoms with van der Waals surface area (Å²) in [6.45, 7) is 0.703. The summed E-state index contributed by atoms with van der Waals surface area (Å²) in [4.78, 5) is 30.4. The maximum absolute atomic E-state index is 12.5. The first kappa shape index (κ1) is 30.7. The van der Waals surface area contributed by atoms with Gasteiger partial charge in [-0.3, -0.25) is 14.4 Å². The van der Waals surface area contributed by atoms with E-state index in [0.29, 0.717) is 58.3 Å². The Morgan fingerprint density at radius 3 is 1.89 bits per heavy atom. The summed E-state index contributed by atoms with van der Waals surface area (Å²) in [5.41, 5.74) is 3.21. The number of hydrogen-bond donors (Lipinski definition) is 0. The molecule has 11 nitrogen and oxygen atoms in total. The summed E-state index contributed by atoms with van der Waals surface area (Å²) in [7, 11) is 3.25. The van der Waals surface area contributed by atoms with E-state index in [2.05, 4.69) is 10.2 Å². The molecule has 234 valence electrons. The van der Waals surface area contributed by atoms with Gasteiger partial charge in [0.1, 0.15) is 24.7 Å². The largest absolute Gasteiger partial charge is 0.497 e. The standard InChI is InChI=1S/C34H29N3O8S/c1-40-25-12-7-22(8-13-25)20-42-29-16-11-24(19-30(29)43-21-23-9-14-26(41-2)15-10-23)31-35-36-34(45-31)46-18-17-44-37-32(38)27-5-3-4-6-28(27)33(37)39/h3-16,19H,17-18,20-21H2,1-2H3. The topological polar surface area (TPSA) is 122 Å². The Morgan fingerprint density at radius 1 is 0.717 bits per heavy atom. The maximum Gasteiger partial charge on any atom is 0.285 e. The lowest BCUT2D eigenvalue weighted by molar-refractivity contribution is -0.0853. The van der Waals surface area contributed by atoms with E-state index >= 15 is 0 Å². The van der Waals surface area contributed by atoms with Crippen LogP contribution in [-0.2, 0) is 18.1 Å². The molecular weight excluding hydrogens is 610 g/mol. The number of benzene rings is 4. The van der Waals surface area contributed by atoms with Crippen molar-refractivity contribution < 1.29 is 37.8 Å². The van der Waals surface area contributed by atoms with Gasteiger partial charge in [-0.25, -0.2) is 0 Å². The quantitative estimate of drug-likeness (QED) is 0.0780. The van der Waals surface area contributed by atoms with Crippen LogP contribution in [0.15, 0.2) is 101 Å². The molecule has 1 aliphatic heterocycles. The van der Waals surface area contributed by atoms with Gasteiger partial charge < -0.3 is 23.4 Å². The molecular formula is C34H29N3O8S. The molecule has 0 fully saturated rings. The molecule has 0 atom stereocenters. The molecule has 1 aliphatic rings. The van der Waals surface area contributed by atoms with Gasteiger partial charge in [0, 0.05) is 11.3 Å². The van der Waals surface area contributed by atoms with Crippen molar-refractivity contribution in [2.24, 2.45) is 0 Å². The molecule has 0 bridgehead atoms. The van der Waals surface area contributed by atoms with Crippen LogP contribution in [-0.4, -0.2) is 53.7 Å². The number of imide groups is 1. The molecule has 4 aromatic carbocycles. The number of rotatable bonds is 14. The smallest absolute Gasteiger partial charge is 0.285 e. The molecule has 6 rings (SSSR count). The molecule has 0 spiro atoms. The Hall–Kier alpha value is -5.33. The van der Waals surface area contributed by atoms with E-state index in [0.717, 1.165) is 27.7 Å². The summed E-state index contributed by atoms with van der Waals surface area (Å²) < 4.78 is 28.7. The fraction of sp³-hybridized carbons (Fsp3) is 0.176. The van der Waals surface area contributed by atoms with E-state index in [1.807, 2.05) is 54.6 Å². The lowest BCUT2D eigenvalue weighted by Crippen LogP contribution is -2.30. The molecule has 46 heavy (non-hydrogen) atoms. The van der Waals surface area contributed by atoms with Crippen LogP contribution in [0.2, 0.25) is 0 Å². The third-order valence-corrected chi connectivity index (χ3v) is 7.77. The molecule has 2 amide bonds. The van der Waals surface area contributed by atoms with Crippen molar-refractivity contribution in [3.05, 3.63) is 113 Å². The summed E-state index contributed by atoms with van der Waals surface area (Å²) in [5.74, 6) is 2.28. The second kappa shape index (κ2) is 14.2. The number of carbonyl (C=O) groups is 2. The number of carbonyl (C=O) groups excluding carboxylic acids is 2. The fourth-order valence-corrected chi connectivity index (χ4v) is 5.13. The molecule has 0 unspecified atom stereocenters. The minimum Gasteiger partial charge on any atom is -0.497 e. The summed E-state index contributed by atoms with van der Waals surface area (Å²) in [5, 5.41) is 9.41. The van der Waals surface area contributed by atoms with Gasteiger partial charge in [0.15, 0.2) is 11.5 Å². The normalized spacial score (nSPS) is 12.3. The summed E-state index contributed by atoms with van der Waals surface area (Å²) in [6, 6.07) is 27.3. The first-order valence-electron chi connectivity index (χ1n) is 14.3. The van der Waals surface area contributed by atoms with Gasteiger partial charge >= 0.3 is 0 Å². The molecule has 0 aliphatic carbocycles. The molecule has 0 N–H and O–H groups in total. The van der Waals surface area contributed by atoms with Crippen LogP contribution in [0, 0.1) is 0 Å². The van der Waals surface area contributed by atoms with Gasteiger partial charge in [0.2, 0.25) is 5.89 Å². The predicted molar refractivity (Wildman–Crippen MR) is 168 cm³/mol. The highest BCUT2D eigenvalue weighted by Gasteiger charge is 2.36. The van der Waals surface area contributed by atoms with Crippen molar-refractivity contribution in [3.8, 4) is 34.5 Å². The fourth-order valence-electron chi connectivity index (χ4n) is 4.57. The maximum atomic E-state index is 12.5. The number of hydroxylamine groups is 2. The Morgan fingerprint density at radius 2 is 1.30 bits per heavy atom. The number of methoxy groups -OCH3 is 2. The Balaban J connectivity index is 1.10. The van der Waals surface area contributed by atoms with Crippen LogP contribution >= 0.6 is 11.8 Å². The van der Waals surface area contributed by atoms with E-state index < -0.39 is 11.8 Å². The Bertz CT molecular complexity index is 1790. The third-order valence-electron chi connectivity index (χ3n) is 6.99. The van der Waals surface area contributed by atoms with E-state index in [1.165, 1.54) is 11.8 Å². The summed E-state index contributed by atoms with van der Waals surface area (Å²) in [6.07, 6.45) is 0. The molecule has 5 aromatic rings.